The highest BCUT2D eigenvalue weighted by Crippen LogP contribution is 2.43. The Balaban J connectivity index is 4.02. The minimum absolute atomic E-state index is 0.00789. The molecule has 2 atom stereocenters. The fourth-order valence-electron chi connectivity index (χ4n) is 6.03. The maximum atomic E-state index is 12.5. The fraction of sp³-hybridized carbons (Fsp3) is 0.745. The van der Waals surface area contributed by atoms with E-state index in [4.69, 9.17) is 18.5 Å². The van der Waals surface area contributed by atoms with Gasteiger partial charge in [0.25, 0.3) is 0 Å². The highest BCUT2D eigenvalue weighted by atomic mass is 31.2. The standard InChI is InChI=1S/C47H83O8P/c1-4-7-9-11-13-15-17-19-20-21-22-23-24-25-26-27-28-30-31-33-35-37-39-41-46(48)52-43-45(44-54-56(50,51)53-6-3)55-47(49)42-40-38-36-34-32-29-18-16-14-12-10-8-5-2/h8,10,14,16-17,19,21-22,29,32,45H,4-7,9,11-13,15,18,20,23-28,30-31,33-44H2,1-3H3,(H,50,51)/b10-8-,16-14-,19-17-,22-21-,32-29-. The van der Waals surface area contributed by atoms with Crippen molar-refractivity contribution in [2.45, 2.75) is 207 Å². The summed E-state index contributed by atoms with van der Waals surface area (Å²) in [4.78, 5) is 34.7. The number of ether oxygens (including phenoxy) is 2. The van der Waals surface area contributed by atoms with Crippen molar-refractivity contribution in [3.63, 3.8) is 0 Å². The van der Waals surface area contributed by atoms with Gasteiger partial charge < -0.3 is 14.4 Å². The first-order valence-corrected chi connectivity index (χ1v) is 24.1. The van der Waals surface area contributed by atoms with Gasteiger partial charge in [-0.2, -0.15) is 0 Å². The summed E-state index contributed by atoms with van der Waals surface area (Å²) in [6.45, 7) is 5.31. The summed E-state index contributed by atoms with van der Waals surface area (Å²) in [5, 5.41) is 0. The molecule has 0 aromatic rings. The summed E-state index contributed by atoms with van der Waals surface area (Å²) >= 11 is 0. The number of phosphoric acid groups is 1. The lowest BCUT2D eigenvalue weighted by atomic mass is 10.0. The molecule has 0 bridgehead atoms. The Labute approximate surface area is 343 Å². The molecule has 8 nitrogen and oxygen atoms in total. The van der Waals surface area contributed by atoms with Gasteiger partial charge in [0.2, 0.25) is 0 Å². The van der Waals surface area contributed by atoms with Gasteiger partial charge in [-0.1, -0.05) is 164 Å². The van der Waals surface area contributed by atoms with E-state index in [0.717, 1.165) is 64.2 Å². The average Bonchev–Trinajstić information content (AvgIpc) is 3.18. The number of unbranched alkanes of at least 4 members (excludes halogenated alkanes) is 19. The monoisotopic (exact) mass is 807 g/mol. The highest BCUT2D eigenvalue weighted by molar-refractivity contribution is 7.47. The molecule has 2 unspecified atom stereocenters. The summed E-state index contributed by atoms with van der Waals surface area (Å²) in [7, 11) is -4.29. The van der Waals surface area contributed by atoms with Crippen LogP contribution >= 0.6 is 7.82 Å². The minimum Gasteiger partial charge on any atom is -0.462 e. The third-order valence-corrected chi connectivity index (χ3v) is 10.4. The molecule has 0 fully saturated rings. The molecule has 0 saturated carbocycles. The zero-order chi connectivity index (χ0) is 41.1. The first-order valence-electron chi connectivity index (χ1n) is 22.6. The molecular weight excluding hydrogens is 723 g/mol. The van der Waals surface area contributed by atoms with E-state index in [2.05, 4.69) is 74.6 Å². The Morgan fingerprint density at radius 3 is 1.39 bits per heavy atom. The van der Waals surface area contributed by atoms with Crippen LogP contribution in [-0.4, -0.2) is 42.8 Å². The predicted octanol–water partition coefficient (Wildman–Crippen LogP) is 14.3. The summed E-state index contributed by atoms with van der Waals surface area (Å²) in [6.07, 6.45) is 51.4. The number of esters is 2. The first-order chi connectivity index (χ1) is 27.3. The minimum atomic E-state index is -4.29. The van der Waals surface area contributed by atoms with Gasteiger partial charge in [0.1, 0.15) is 6.61 Å². The van der Waals surface area contributed by atoms with Crippen molar-refractivity contribution in [3.05, 3.63) is 60.8 Å². The molecule has 0 rings (SSSR count). The Morgan fingerprint density at radius 2 is 0.911 bits per heavy atom. The van der Waals surface area contributed by atoms with Gasteiger partial charge in [-0.25, -0.2) is 4.57 Å². The van der Waals surface area contributed by atoms with Crippen LogP contribution in [-0.2, 0) is 32.7 Å². The number of rotatable bonds is 41. The largest absolute Gasteiger partial charge is 0.472 e. The van der Waals surface area contributed by atoms with Crippen LogP contribution in [0.3, 0.4) is 0 Å². The molecule has 0 aliphatic rings. The summed E-state index contributed by atoms with van der Waals surface area (Å²) in [5.74, 6) is -0.836. The van der Waals surface area contributed by atoms with Crippen molar-refractivity contribution < 1.29 is 37.6 Å². The van der Waals surface area contributed by atoms with Crippen LogP contribution in [0.5, 0.6) is 0 Å². The van der Waals surface area contributed by atoms with Crippen molar-refractivity contribution in [1.29, 1.82) is 0 Å². The van der Waals surface area contributed by atoms with Gasteiger partial charge >= 0.3 is 19.8 Å². The molecule has 0 aromatic carbocycles. The number of hydrogen-bond donors (Lipinski definition) is 1. The fourth-order valence-corrected chi connectivity index (χ4v) is 6.78. The summed E-state index contributed by atoms with van der Waals surface area (Å²) in [6, 6.07) is 0. The molecule has 0 spiro atoms. The Hall–Kier alpha value is -2.25. The molecule has 0 saturated heterocycles. The smallest absolute Gasteiger partial charge is 0.462 e. The van der Waals surface area contributed by atoms with Crippen molar-refractivity contribution in [2.24, 2.45) is 0 Å². The predicted molar refractivity (Wildman–Crippen MR) is 235 cm³/mol. The number of phosphoric ester groups is 1. The van der Waals surface area contributed by atoms with E-state index >= 15 is 0 Å². The van der Waals surface area contributed by atoms with Crippen LogP contribution in [0.2, 0.25) is 0 Å². The molecule has 0 aliphatic heterocycles. The molecule has 56 heavy (non-hydrogen) atoms. The zero-order valence-corrected chi connectivity index (χ0v) is 36.9. The van der Waals surface area contributed by atoms with Gasteiger partial charge in [-0.3, -0.25) is 18.6 Å². The normalized spacial score (nSPS) is 13.9. The lowest BCUT2D eigenvalue weighted by Gasteiger charge is -2.19. The second-order valence-corrected chi connectivity index (χ2v) is 16.1. The van der Waals surface area contributed by atoms with E-state index in [0.29, 0.717) is 6.42 Å². The van der Waals surface area contributed by atoms with E-state index < -0.39 is 26.5 Å². The molecule has 1 N–H and O–H groups in total. The average molecular weight is 807 g/mol. The van der Waals surface area contributed by atoms with E-state index in [-0.39, 0.29) is 32.0 Å². The van der Waals surface area contributed by atoms with Crippen molar-refractivity contribution >= 4 is 19.8 Å². The number of hydrogen-bond acceptors (Lipinski definition) is 7. The topological polar surface area (TPSA) is 108 Å². The van der Waals surface area contributed by atoms with Gasteiger partial charge in [0.05, 0.1) is 13.2 Å². The summed E-state index contributed by atoms with van der Waals surface area (Å²) < 4.78 is 32.6. The maximum absolute atomic E-state index is 12.5. The Morgan fingerprint density at radius 1 is 0.500 bits per heavy atom. The second-order valence-electron chi connectivity index (χ2n) is 14.7. The molecule has 9 heteroatoms. The lowest BCUT2D eigenvalue weighted by Crippen LogP contribution is -2.29. The summed E-state index contributed by atoms with van der Waals surface area (Å²) in [5.41, 5.74) is 0. The van der Waals surface area contributed by atoms with Gasteiger partial charge in [0.15, 0.2) is 6.10 Å². The first kappa shape index (κ1) is 53.8. The third-order valence-electron chi connectivity index (χ3n) is 9.31. The maximum Gasteiger partial charge on any atom is 0.472 e. The van der Waals surface area contributed by atoms with Crippen LogP contribution in [0, 0.1) is 0 Å². The third kappa shape index (κ3) is 41.4. The van der Waals surface area contributed by atoms with Gasteiger partial charge in [0, 0.05) is 12.8 Å². The highest BCUT2D eigenvalue weighted by Gasteiger charge is 2.25. The number of allylic oxidation sites excluding steroid dienone is 10. The SMILES string of the molecule is CC/C=C\C/C=C\C/C=C\CCCCCC(=O)OC(COC(=O)CCCCCCCCCCCCC/C=C\C/C=C\CCCCCCC)COP(=O)(O)OCC. The van der Waals surface area contributed by atoms with Crippen LogP contribution in [0.25, 0.3) is 0 Å². The van der Waals surface area contributed by atoms with Crippen LogP contribution in [0.1, 0.15) is 201 Å². The Kier molecular flexibility index (Phi) is 40.7. The molecular formula is C47H83O8P. The molecule has 0 aliphatic carbocycles. The van der Waals surface area contributed by atoms with Crippen LogP contribution in [0.4, 0.5) is 0 Å². The van der Waals surface area contributed by atoms with Crippen LogP contribution in [0.15, 0.2) is 60.8 Å². The number of carbonyl (C=O) groups excluding carboxylic acids is 2. The quantitative estimate of drug-likeness (QED) is 0.0282. The van der Waals surface area contributed by atoms with E-state index in [1.807, 2.05) is 0 Å². The van der Waals surface area contributed by atoms with Gasteiger partial charge in [-0.15, -0.1) is 0 Å². The molecule has 324 valence electrons. The zero-order valence-electron chi connectivity index (χ0n) is 36.0. The van der Waals surface area contributed by atoms with E-state index in [9.17, 15) is 19.0 Å². The Bertz CT molecular complexity index is 1100. The lowest BCUT2D eigenvalue weighted by molar-refractivity contribution is -0.161. The van der Waals surface area contributed by atoms with E-state index in [1.54, 1.807) is 6.92 Å². The van der Waals surface area contributed by atoms with Gasteiger partial charge in [-0.05, 0) is 84.0 Å². The molecule has 0 radical (unpaired) electrons. The number of carbonyl (C=O) groups is 2. The van der Waals surface area contributed by atoms with Crippen molar-refractivity contribution in [2.75, 3.05) is 19.8 Å². The molecule has 0 aromatic heterocycles. The van der Waals surface area contributed by atoms with E-state index in [1.165, 1.54) is 96.3 Å². The van der Waals surface area contributed by atoms with Crippen LogP contribution < -0.4 is 0 Å². The van der Waals surface area contributed by atoms with Crippen molar-refractivity contribution in [3.8, 4) is 0 Å². The van der Waals surface area contributed by atoms with Crippen molar-refractivity contribution in [1.82, 2.24) is 0 Å². The molecule has 0 heterocycles. The second kappa shape index (κ2) is 42.4. The molecule has 0 amide bonds.